The van der Waals surface area contributed by atoms with E-state index in [0.717, 1.165) is 11.0 Å². The zero-order valence-electron chi connectivity index (χ0n) is 22.3. The van der Waals surface area contributed by atoms with Crippen molar-refractivity contribution in [1.29, 1.82) is 0 Å². The van der Waals surface area contributed by atoms with Gasteiger partial charge in [0, 0.05) is 12.3 Å². The monoisotopic (exact) mass is 551 g/mol. The molecule has 38 heavy (non-hydrogen) atoms. The number of halogens is 3. The molecule has 3 aromatic rings. The van der Waals surface area contributed by atoms with E-state index in [2.05, 4.69) is 48.9 Å². The quantitative estimate of drug-likeness (QED) is 0.359. The summed E-state index contributed by atoms with van der Waals surface area (Å²) < 4.78 is 59.6. The van der Waals surface area contributed by atoms with E-state index in [1.807, 2.05) is 0 Å². The van der Waals surface area contributed by atoms with E-state index in [1.54, 1.807) is 29.0 Å². The van der Waals surface area contributed by atoms with E-state index < -0.39 is 27.1 Å². The number of Topliss-reactive ketones (excluding diaryl/α,β-unsaturated/α-hetero) is 1. The number of hydrogen-bond acceptors (Lipinski definition) is 7. The van der Waals surface area contributed by atoms with E-state index in [0.29, 0.717) is 36.0 Å². The Morgan fingerprint density at radius 1 is 1.21 bits per heavy atom. The van der Waals surface area contributed by atoms with Crippen LogP contribution in [0.1, 0.15) is 27.7 Å². The summed E-state index contributed by atoms with van der Waals surface area (Å²) in [6, 6.07) is 5.15. The van der Waals surface area contributed by atoms with Gasteiger partial charge in [0.05, 0.1) is 18.7 Å². The minimum Gasteiger partial charge on any atom is -0.491 e. The van der Waals surface area contributed by atoms with Crippen molar-refractivity contribution in [1.82, 2.24) is 24.3 Å². The molecule has 13 heteroatoms. The second kappa shape index (κ2) is 10.2. The number of aromatic nitrogens is 5. The van der Waals surface area contributed by atoms with E-state index >= 15 is 0 Å². The summed E-state index contributed by atoms with van der Waals surface area (Å²) in [6.07, 6.45) is -2.50. The molecule has 1 aliphatic heterocycles. The molecule has 0 unspecified atom stereocenters. The summed E-state index contributed by atoms with van der Waals surface area (Å²) in [5.41, 5.74) is 0.911. The molecule has 0 fully saturated rings. The molecule has 9 nitrogen and oxygen atoms in total. The largest absolute Gasteiger partial charge is 0.491 e. The Kier molecular flexibility index (Phi) is 7.45. The predicted molar refractivity (Wildman–Crippen MR) is 136 cm³/mol. The van der Waals surface area contributed by atoms with Gasteiger partial charge in [0.15, 0.2) is 26.0 Å². The highest BCUT2D eigenvalue weighted by Gasteiger charge is 2.38. The van der Waals surface area contributed by atoms with Crippen molar-refractivity contribution in [3.8, 4) is 34.4 Å². The van der Waals surface area contributed by atoms with Gasteiger partial charge in [0.25, 0.3) is 0 Å². The number of alkyl halides is 3. The summed E-state index contributed by atoms with van der Waals surface area (Å²) in [5.74, 6) is 1.32. The first-order valence-electron chi connectivity index (χ1n) is 12.2. The van der Waals surface area contributed by atoms with Gasteiger partial charge in [0.1, 0.15) is 42.5 Å². The lowest BCUT2D eigenvalue weighted by atomic mass is 10.1. The topological polar surface area (TPSA) is 93.3 Å². The number of rotatable bonds is 8. The maximum absolute atomic E-state index is 13.0. The van der Waals surface area contributed by atoms with Gasteiger partial charge in [-0.1, -0.05) is 20.8 Å². The van der Waals surface area contributed by atoms with Gasteiger partial charge in [-0.25, -0.2) is 14.6 Å². The molecule has 0 saturated carbocycles. The van der Waals surface area contributed by atoms with Crippen LogP contribution in [0.25, 0.3) is 22.9 Å². The Morgan fingerprint density at radius 2 is 1.95 bits per heavy atom. The minimum atomic E-state index is -4.44. The van der Waals surface area contributed by atoms with Crippen LogP contribution in [0.4, 0.5) is 13.2 Å². The highest BCUT2D eigenvalue weighted by Crippen LogP contribution is 2.38. The summed E-state index contributed by atoms with van der Waals surface area (Å²) in [5, 5.41) is 3.70. The first-order valence-corrected chi connectivity index (χ1v) is 15.2. The van der Waals surface area contributed by atoms with Crippen LogP contribution in [-0.4, -0.2) is 63.9 Å². The number of imidazole rings is 1. The third-order valence-corrected chi connectivity index (χ3v) is 11.4. The molecular weight excluding hydrogens is 519 g/mol. The number of carbonyl (C=O) groups excluding carboxylic acids is 1. The zero-order chi connectivity index (χ0) is 27.9. The van der Waals surface area contributed by atoms with Crippen LogP contribution in [0, 0.1) is 0 Å². The third kappa shape index (κ3) is 6.09. The highest BCUT2D eigenvalue weighted by molar-refractivity contribution is 6.74. The van der Waals surface area contributed by atoms with E-state index in [9.17, 15) is 18.0 Å². The molecule has 0 saturated heterocycles. The van der Waals surface area contributed by atoms with Crippen molar-refractivity contribution < 1.29 is 31.9 Å². The first kappa shape index (κ1) is 27.8. The van der Waals surface area contributed by atoms with E-state index in [4.69, 9.17) is 13.9 Å². The normalized spacial score (nSPS) is 14.8. The standard InChI is InChI=1S/C25H32F3N5O4Si/c1-16(34)21(13-36-38(5,6)24(2,3)4)37-17-7-8-18-20(11-17)35-10-9-32-12-19(31-22(18)32)23-29-15-30-33(23)14-25(26,27)28/h7-8,11-12,15,21H,9-10,13-14H2,1-6H3/t21-/m0/s1. The number of hydrogen-bond donors (Lipinski definition) is 0. The average molecular weight is 552 g/mol. The molecular formula is C25H32F3N5O4Si. The van der Waals surface area contributed by atoms with Gasteiger partial charge < -0.3 is 18.5 Å². The van der Waals surface area contributed by atoms with Crippen molar-refractivity contribution in [2.24, 2.45) is 0 Å². The fraction of sp³-hybridized carbons (Fsp3) is 0.520. The molecule has 1 aliphatic rings. The van der Waals surface area contributed by atoms with Crippen LogP contribution >= 0.6 is 0 Å². The number of fused-ring (bicyclic) bond motifs is 3. The molecule has 0 amide bonds. The van der Waals surface area contributed by atoms with Crippen LogP contribution < -0.4 is 9.47 Å². The van der Waals surface area contributed by atoms with Crippen molar-refractivity contribution in [3.63, 3.8) is 0 Å². The maximum atomic E-state index is 13.0. The van der Waals surface area contributed by atoms with Gasteiger partial charge in [-0.15, -0.1) is 0 Å². The first-order chi connectivity index (χ1) is 17.6. The Balaban J connectivity index is 1.57. The predicted octanol–water partition coefficient (Wildman–Crippen LogP) is 5.12. The lowest BCUT2D eigenvalue weighted by molar-refractivity contribution is -0.142. The van der Waals surface area contributed by atoms with E-state index in [-0.39, 0.29) is 28.9 Å². The molecule has 0 radical (unpaired) electrons. The average Bonchev–Trinajstić information content (AvgIpc) is 3.37. The summed E-state index contributed by atoms with van der Waals surface area (Å²) >= 11 is 0. The molecule has 0 N–H and O–H groups in total. The zero-order valence-corrected chi connectivity index (χ0v) is 23.3. The summed E-state index contributed by atoms with van der Waals surface area (Å²) in [4.78, 5) is 20.9. The Hall–Kier alpha value is -3.19. The second-order valence-corrected chi connectivity index (χ2v) is 15.6. The van der Waals surface area contributed by atoms with Crippen LogP contribution in [-0.2, 0) is 22.3 Å². The molecule has 2 aromatic heterocycles. The maximum Gasteiger partial charge on any atom is 0.408 e. The fourth-order valence-corrected chi connectivity index (χ4v) is 4.69. The van der Waals surface area contributed by atoms with Crippen molar-refractivity contribution >= 4 is 14.1 Å². The van der Waals surface area contributed by atoms with Gasteiger partial charge >= 0.3 is 6.18 Å². The van der Waals surface area contributed by atoms with Crippen molar-refractivity contribution in [2.45, 2.75) is 71.2 Å². The molecule has 0 aliphatic carbocycles. The van der Waals surface area contributed by atoms with Gasteiger partial charge in [-0.2, -0.15) is 18.3 Å². The molecule has 1 atom stereocenters. The van der Waals surface area contributed by atoms with Crippen molar-refractivity contribution in [2.75, 3.05) is 13.2 Å². The Labute approximate surface area is 220 Å². The number of ether oxygens (including phenoxy) is 2. The lowest BCUT2D eigenvalue weighted by Gasteiger charge is -2.37. The Morgan fingerprint density at radius 3 is 2.61 bits per heavy atom. The summed E-state index contributed by atoms with van der Waals surface area (Å²) in [6.45, 7) is 11.7. The van der Waals surface area contributed by atoms with Gasteiger partial charge in [-0.05, 0) is 37.2 Å². The number of nitrogens with zero attached hydrogens (tertiary/aromatic N) is 5. The van der Waals surface area contributed by atoms with Crippen LogP contribution in [0.3, 0.4) is 0 Å². The SMILES string of the molecule is CC(=O)[C@H](CO[Si](C)(C)C(C)(C)C)Oc1ccc2c(c1)OCCn1cc(-c3ncnn3CC(F)(F)F)nc1-2. The lowest BCUT2D eigenvalue weighted by Crippen LogP contribution is -2.44. The van der Waals surface area contributed by atoms with E-state index in [1.165, 1.54) is 6.92 Å². The minimum absolute atomic E-state index is 0.00696. The highest BCUT2D eigenvalue weighted by atomic mass is 28.4. The summed E-state index contributed by atoms with van der Waals surface area (Å²) in [7, 11) is -2.08. The number of ketones is 1. The molecule has 3 heterocycles. The third-order valence-electron chi connectivity index (χ3n) is 6.87. The van der Waals surface area contributed by atoms with Gasteiger partial charge in [-0.3, -0.25) is 4.79 Å². The van der Waals surface area contributed by atoms with Gasteiger partial charge in [0.2, 0.25) is 0 Å². The Bertz CT molecular complexity index is 1310. The molecule has 0 bridgehead atoms. The molecule has 4 rings (SSSR count). The molecule has 206 valence electrons. The second-order valence-electron chi connectivity index (χ2n) is 10.8. The number of carbonyl (C=O) groups is 1. The smallest absolute Gasteiger partial charge is 0.408 e. The molecule has 0 spiro atoms. The van der Waals surface area contributed by atoms with Crippen molar-refractivity contribution in [3.05, 3.63) is 30.7 Å². The van der Waals surface area contributed by atoms with Crippen LogP contribution in [0.2, 0.25) is 18.1 Å². The van der Waals surface area contributed by atoms with Crippen LogP contribution in [0.15, 0.2) is 30.7 Å². The number of benzene rings is 1. The fourth-order valence-electron chi connectivity index (χ4n) is 3.69. The van der Waals surface area contributed by atoms with Crippen LogP contribution in [0.5, 0.6) is 11.5 Å². The molecule has 1 aromatic carbocycles.